The van der Waals surface area contributed by atoms with Crippen LogP contribution in [0.5, 0.6) is 0 Å². The molecule has 1 aliphatic heterocycles. The summed E-state index contributed by atoms with van der Waals surface area (Å²) in [5.41, 5.74) is 7.17. The number of nitrogens with two attached hydrogens (primary N) is 1. The summed E-state index contributed by atoms with van der Waals surface area (Å²) in [5.74, 6) is 0.488. The molecule has 4 atom stereocenters. The second-order valence-electron chi connectivity index (χ2n) is 6.99. The number of hydrogen-bond acceptors (Lipinski definition) is 10. The number of anilines is 4. The van der Waals surface area contributed by atoms with Crippen molar-refractivity contribution in [1.82, 2.24) is 9.97 Å². The zero-order valence-corrected chi connectivity index (χ0v) is 15.7. The molecule has 1 aromatic heterocycles. The molecule has 2 aromatic rings. The third-order valence-corrected chi connectivity index (χ3v) is 4.73. The number of benzene rings is 1. The maximum atomic E-state index is 12.0. The van der Waals surface area contributed by atoms with Gasteiger partial charge in [-0.2, -0.15) is 4.98 Å². The number of H-pyrrole nitrogens is 1. The molecule has 158 valence electrons. The van der Waals surface area contributed by atoms with Crippen molar-refractivity contribution < 1.29 is 20.4 Å². The minimum absolute atomic E-state index is 0.0503. The third kappa shape index (κ3) is 5.15. The van der Waals surface area contributed by atoms with Crippen LogP contribution in [0.25, 0.3) is 0 Å². The van der Waals surface area contributed by atoms with E-state index in [1.54, 1.807) is 12.1 Å². The van der Waals surface area contributed by atoms with E-state index < -0.39 is 24.9 Å². The van der Waals surface area contributed by atoms with E-state index in [4.69, 9.17) is 10.8 Å². The van der Waals surface area contributed by atoms with Crippen molar-refractivity contribution in [3.8, 4) is 0 Å². The second-order valence-corrected chi connectivity index (χ2v) is 6.99. The van der Waals surface area contributed by atoms with Crippen molar-refractivity contribution in [3.63, 3.8) is 0 Å². The van der Waals surface area contributed by atoms with Crippen LogP contribution in [0.3, 0.4) is 0 Å². The van der Waals surface area contributed by atoms with Gasteiger partial charge >= 0.3 is 0 Å². The van der Waals surface area contributed by atoms with Crippen molar-refractivity contribution >= 4 is 23.1 Å². The zero-order chi connectivity index (χ0) is 21.0. The Labute approximate surface area is 166 Å². The fraction of sp³-hybridized carbons (Fsp3) is 0.444. The molecule has 0 amide bonds. The minimum Gasteiger partial charge on any atom is -0.394 e. The fourth-order valence-corrected chi connectivity index (χ4v) is 3.08. The highest BCUT2D eigenvalue weighted by Crippen LogP contribution is 2.20. The van der Waals surface area contributed by atoms with Crippen LogP contribution in [0.4, 0.5) is 23.1 Å². The molecule has 0 saturated carbocycles. The van der Waals surface area contributed by atoms with Crippen LogP contribution < -0.4 is 27.2 Å². The fourth-order valence-electron chi connectivity index (χ4n) is 3.08. The number of rotatable bonds is 8. The molecule has 11 nitrogen and oxygen atoms in total. The monoisotopic (exact) mass is 406 g/mol. The van der Waals surface area contributed by atoms with Crippen molar-refractivity contribution in [2.24, 2.45) is 0 Å². The van der Waals surface area contributed by atoms with Crippen molar-refractivity contribution in [1.29, 1.82) is 0 Å². The highest BCUT2D eigenvalue weighted by atomic mass is 16.4. The Morgan fingerprint density at radius 3 is 2.62 bits per heavy atom. The molecule has 0 spiro atoms. The number of aromatic nitrogens is 2. The molecule has 1 aliphatic rings. The van der Waals surface area contributed by atoms with Crippen LogP contribution in [0.15, 0.2) is 29.1 Å². The number of hydrogen-bond donors (Lipinski definition) is 9. The Morgan fingerprint density at radius 2 is 1.93 bits per heavy atom. The van der Waals surface area contributed by atoms with Gasteiger partial charge in [-0.05, 0) is 17.7 Å². The summed E-state index contributed by atoms with van der Waals surface area (Å²) < 4.78 is 0. The maximum absolute atomic E-state index is 12.0. The van der Waals surface area contributed by atoms with Gasteiger partial charge in [0.15, 0.2) is 5.82 Å². The van der Waals surface area contributed by atoms with Gasteiger partial charge in [-0.25, -0.2) is 0 Å². The van der Waals surface area contributed by atoms with Crippen molar-refractivity contribution in [2.75, 3.05) is 41.4 Å². The molecule has 11 heteroatoms. The predicted molar refractivity (Wildman–Crippen MR) is 109 cm³/mol. The quantitative estimate of drug-likeness (QED) is 0.244. The second kappa shape index (κ2) is 9.09. The summed E-state index contributed by atoms with van der Waals surface area (Å²) in [7, 11) is 0. The average Bonchev–Trinajstić information content (AvgIpc) is 2.72. The first-order valence-corrected chi connectivity index (χ1v) is 9.25. The topological polar surface area (TPSA) is 189 Å². The SMILES string of the molecule is Nc1nc2c(c(=O)[nH]1)NC(CNc1ccc(C[C@H](O)[C@H](O)[C@H](O)CO)cc1)CN2. The van der Waals surface area contributed by atoms with Crippen LogP contribution in [0, 0.1) is 0 Å². The van der Waals surface area contributed by atoms with Gasteiger partial charge in [-0.3, -0.25) is 9.78 Å². The first kappa shape index (κ1) is 20.9. The lowest BCUT2D eigenvalue weighted by Crippen LogP contribution is -2.41. The van der Waals surface area contributed by atoms with Gasteiger partial charge in [0.05, 0.1) is 18.8 Å². The summed E-state index contributed by atoms with van der Waals surface area (Å²) in [6.45, 7) is 0.482. The number of nitrogens with one attached hydrogen (secondary N) is 4. The zero-order valence-electron chi connectivity index (χ0n) is 15.7. The molecule has 10 N–H and O–H groups in total. The van der Waals surface area contributed by atoms with E-state index in [1.165, 1.54) is 0 Å². The van der Waals surface area contributed by atoms with Crippen molar-refractivity contribution in [3.05, 3.63) is 40.2 Å². The van der Waals surface area contributed by atoms with Gasteiger partial charge in [0.25, 0.3) is 5.56 Å². The highest BCUT2D eigenvalue weighted by Gasteiger charge is 2.24. The average molecular weight is 406 g/mol. The molecule has 0 bridgehead atoms. The smallest absolute Gasteiger partial charge is 0.277 e. The lowest BCUT2D eigenvalue weighted by Gasteiger charge is -2.27. The summed E-state index contributed by atoms with van der Waals surface area (Å²) in [5, 5.41) is 47.4. The Kier molecular flexibility index (Phi) is 6.54. The van der Waals surface area contributed by atoms with Crippen LogP contribution >= 0.6 is 0 Å². The molecule has 0 saturated heterocycles. The van der Waals surface area contributed by atoms with Crippen molar-refractivity contribution in [2.45, 2.75) is 30.8 Å². The van der Waals surface area contributed by atoms with Gasteiger partial charge in [0, 0.05) is 25.2 Å². The van der Waals surface area contributed by atoms with Crippen LogP contribution in [0.1, 0.15) is 5.56 Å². The van der Waals surface area contributed by atoms with Gasteiger partial charge in [-0.1, -0.05) is 12.1 Å². The summed E-state index contributed by atoms with van der Waals surface area (Å²) in [4.78, 5) is 18.5. The van der Waals surface area contributed by atoms with E-state index in [0.29, 0.717) is 24.6 Å². The maximum Gasteiger partial charge on any atom is 0.277 e. The number of nitrogens with zero attached hydrogens (tertiary/aromatic N) is 1. The Bertz CT molecular complexity index is 874. The molecule has 3 rings (SSSR count). The number of nitrogen functional groups attached to an aromatic ring is 1. The molecular weight excluding hydrogens is 380 g/mol. The molecule has 0 fully saturated rings. The standard InChI is InChI=1S/C18H26N6O5/c19-18-23-16-14(17(29)24-18)22-11(7-21-16)6-20-10-3-1-9(2-4-10)5-12(26)15(28)13(27)8-25/h1-4,11-13,15,20,22,25-28H,5-8H2,(H4,19,21,23,24,29)/t11?,12-,13+,15-/m0/s1. The highest BCUT2D eigenvalue weighted by molar-refractivity contribution is 5.67. The van der Waals surface area contributed by atoms with Gasteiger partial charge < -0.3 is 42.1 Å². The van der Waals surface area contributed by atoms with E-state index in [0.717, 1.165) is 11.3 Å². The molecule has 0 aliphatic carbocycles. The summed E-state index contributed by atoms with van der Waals surface area (Å²) in [6, 6.07) is 7.20. The molecule has 0 radical (unpaired) electrons. The van der Waals surface area contributed by atoms with Crippen LogP contribution in [0.2, 0.25) is 0 Å². The summed E-state index contributed by atoms with van der Waals surface area (Å²) in [6.07, 6.45) is -3.85. The largest absolute Gasteiger partial charge is 0.394 e. The van der Waals surface area contributed by atoms with E-state index in [2.05, 4.69) is 25.9 Å². The van der Waals surface area contributed by atoms with Gasteiger partial charge in [0.2, 0.25) is 5.95 Å². The van der Waals surface area contributed by atoms with E-state index in [-0.39, 0.29) is 24.0 Å². The van der Waals surface area contributed by atoms with Gasteiger partial charge in [0.1, 0.15) is 17.9 Å². The Hall–Kier alpha value is -2.86. The predicted octanol–water partition coefficient (Wildman–Crippen LogP) is -1.71. The lowest BCUT2D eigenvalue weighted by atomic mass is 10.0. The van der Waals surface area contributed by atoms with E-state index in [9.17, 15) is 20.1 Å². The first-order valence-electron chi connectivity index (χ1n) is 9.25. The molecular formula is C18H26N6O5. The van der Waals surface area contributed by atoms with Gasteiger partial charge in [-0.15, -0.1) is 0 Å². The molecule has 2 heterocycles. The minimum atomic E-state index is -1.42. The number of fused-ring (bicyclic) bond motifs is 1. The summed E-state index contributed by atoms with van der Waals surface area (Å²) >= 11 is 0. The first-order chi connectivity index (χ1) is 13.9. The number of aliphatic hydroxyl groups excluding tert-OH is 4. The Balaban J connectivity index is 1.52. The molecule has 1 aromatic carbocycles. The van der Waals surface area contributed by atoms with E-state index >= 15 is 0 Å². The van der Waals surface area contributed by atoms with E-state index in [1.807, 2.05) is 12.1 Å². The van der Waals surface area contributed by atoms with Crippen LogP contribution in [-0.2, 0) is 6.42 Å². The normalized spacial score (nSPS) is 18.7. The third-order valence-electron chi connectivity index (χ3n) is 4.73. The Morgan fingerprint density at radius 1 is 1.21 bits per heavy atom. The molecule has 1 unspecified atom stereocenters. The lowest BCUT2D eigenvalue weighted by molar-refractivity contribution is -0.0755. The van der Waals surface area contributed by atoms with Crippen LogP contribution in [-0.4, -0.2) is 74.4 Å². The molecule has 29 heavy (non-hydrogen) atoms. The number of aliphatic hydroxyl groups is 4. The number of aromatic amines is 1.